The van der Waals surface area contributed by atoms with Crippen molar-refractivity contribution in [3.05, 3.63) is 200 Å². The predicted octanol–water partition coefficient (Wildman–Crippen LogP) is 10.7. The van der Waals surface area contributed by atoms with Crippen LogP contribution in [0.3, 0.4) is 0 Å². The fourth-order valence-corrected chi connectivity index (χ4v) is 15.8. The van der Waals surface area contributed by atoms with Gasteiger partial charge in [-0.3, -0.25) is 4.57 Å². The van der Waals surface area contributed by atoms with E-state index in [-0.39, 0.29) is 0 Å². The summed E-state index contributed by atoms with van der Waals surface area (Å²) in [5, 5.41) is 9.17. The maximum Gasteiger partial charge on any atom is 0.179 e. The molecule has 1 aliphatic rings. The predicted molar refractivity (Wildman–Crippen MR) is 238 cm³/mol. The van der Waals surface area contributed by atoms with Crippen molar-refractivity contribution in [2.45, 2.75) is 10.9 Å². The monoisotopic (exact) mass is 754 g/mol. The molecule has 0 bridgehead atoms. The summed E-state index contributed by atoms with van der Waals surface area (Å²) in [4.78, 5) is 5.06. The molecule has 1 aliphatic heterocycles. The molecule has 0 saturated heterocycles. The van der Waals surface area contributed by atoms with Crippen LogP contribution in [0.15, 0.2) is 199 Å². The lowest BCUT2D eigenvalue weighted by molar-refractivity contribution is 0.894. The molecule has 2 nitrogen and oxygen atoms in total. The van der Waals surface area contributed by atoms with Crippen LogP contribution >= 0.6 is 23.1 Å². The Bertz CT molecular complexity index is 3020. The summed E-state index contributed by atoms with van der Waals surface area (Å²) in [5.41, 5.74) is 9.70. The molecule has 0 saturated carbocycles. The van der Waals surface area contributed by atoms with E-state index in [9.17, 15) is 0 Å². The molecule has 0 amide bonds. The molecule has 260 valence electrons. The highest BCUT2D eigenvalue weighted by molar-refractivity contribution is 7.98. The first kappa shape index (κ1) is 32.4. The first-order valence-corrected chi connectivity index (χ1v) is 22.5. The smallest absolute Gasteiger partial charge is 0.179 e. The summed E-state index contributed by atoms with van der Waals surface area (Å²) in [7, 11) is -2.86. The van der Waals surface area contributed by atoms with Crippen LogP contribution < -0.4 is 20.7 Å². The highest BCUT2D eigenvalue weighted by atomic mass is 32.2. The normalized spacial score (nSPS) is 12.6. The van der Waals surface area contributed by atoms with E-state index in [4.69, 9.17) is 4.98 Å². The second-order valence-electron chi connectivity index (χ2n) is 14.3. The number of hydrogen-bond donors (Lipinski definition) is 0. The van der Waals surface area contributed by atoms with Crippen LogP contribution in [0.25, 0.3) is 59.1 Å². The minimum atomic E-state index is -2.86. The van der Waals surface area contributed by atoms with Gasteiger partial charge in [0.25, 0.3) is 0 Å². The maximum atomic E-state index is 5.06. The number of thioether (sulfide) groups is 1. The largest absolute Gasteiger partial charge is 0.287 e. The zero-order valence-corrected chi connectivity index (χ0v) is 32.5. The molecule has 0 aliphatic carbocycles. The van der Waals surface area contributed by atoms with Gasteiger partial charge in [0.05, 0.1) is 16.7 Å². The first-order chi connectivity index (χ1) is 27.3. The Hall–Kier alpha value is -5.98. The molecule has 0 spiro atoms. The third-order valence-corrected chi connectivity index (χ3v) is 18.2. The van der Waals surface area contributed by atoms with E-state index in [0.717, 1.165) is 21.9 Å². The fourth-order valence-electron chi connectivity index (χ4n) is 8.76. The summed E-state index contributed by atoms with van der Waals surface area (Å²) in [6.07, 6.45) is 0. The summed E-state index contributed by atoms with van der Waals surface area (Å²) >= 11 is 3.71. The van der Waals surface area contributed by atoms with E-state index in [0.29, 0.717) is 0 Å². The van der Waals surface area contributed by atoms with E-state index in [1.807, 2.05) is 23.1 Å². The number of para-hydroxylation sites is 1. The van der Waals surface area contributed by atoms with Crippen molar-refractivity contribution in [2.24, 2.45) is 0 Å². The van der Waals surface area contributed by atoms with Crippen LogP contribution in [0.4, 0.5) is 0 Å². The van der Waals surface area contributed by atoms with Gasteiger partial charge in [-0.2, -0.15) is 0 Å². The number of aromatic nitrogens is 2. The van der Waals surface area contributed by atoms with Crippen LogP contribution in [0, 0.1) is 0 Å². The molecule has 55 heavy (non-hydrogen) atoms. The van der Waals surface area contributed by atoms with Gasteiger partial charge in [0.15, 0.2) is 13.2 Å². The Balaban J connectivity index is 1.13. The highest BCUT2D eigenvalue weighted by Gasteiger charge is 2.41. The van der Waals surface area contributed by atoms with Crippen molar-refractivity contribution in [3.63, 3.8) is 0 Å². The highest BCUT2D eigenvalue weighted by Crippen LogP contribution is 2.40. The number of nitrogens with zero attached hydrogens (tertiary/aromatic N) is 2. The Labute approximate surface area is 329 Å². The minimum Gasteiger partial charge on any atom is -0.287 e. The summed E-state index contributed by atoms with van der Waals surface area (Å²) in [5.74, 6) is 0.945. The number of hydrogen-bond acceptors (Lipinski definition) is 3. The number of rotatable bonds is 6. The molecule has 11 rings (SSSR count). The van der Waals surface area contributed by atoms with Gasteiger partial charge in [0, 0.05) is 25.9 Å². The average Bonchev–Trinajstić information content (AvgIpc) is 3.84. The van der Waals surface area contributed by atoms with Crippen molar-refractivity contribution >= 4 is 83.1 Å². The third kappa shape index (κ3) is 5.19. The van der Waals surface area contributed by atoms with Gasteiger partial charge in [-0.25, -0.2) is 4.98 Å². The summed E-state index contributed by atoms with van der Waals surface area (Å²) in [6.45, 7) is 0. The molecule has 2 aromatic heterocycles. The number of imidazole rings is 1. The minimum absolute atomic E-state index is 0.945. The molecule has 8 aromatic carbocycles. The fraction of sp³-hybridized carbons (Fsp3) is 0.0200. The molecule has 5 heteroatoms. The van der Waals surface area contributed by atoms with E-state index in [1.165, 1.54) is 74.4 Å². The van der Waals surface area contributed by atoms with Crippen LogP contribution in [-0.4, -0.2) is 17.6 Å². The zero-order valence-electron chi connectivity index (χ0n) is 29.9. The summed E-state index contributed by atoms with van der Waals surface area (Å²) < 4.78 is 5.02. The van der Waals surface area contributed by atoms with Gasteiger partial charge < -0.3 is 0 Å². The van der Waals surface area contributed by atoms with Crippen LogP contribution in [0.5, 0.6) is 0 Å². The van der Waals surface area contributed by atoms with Crippen molar-refractivity contribution < 1.29 is 0 Å². The Morgan fingerprint density at radius 1 is 0.491 bits per heavy atom. The number of benzene rings is 8. The molecule has 0 fully saturated rings. The standard InChI is InChI=1S/C50H34N2S2Si/c1-3-17-38(18-4-1)55(39-19-5-2-6-20-39,41-22-12-16-36(31-41)42-24-13-25-44-43-23-8-10-27-48(43)54-49(42)44)40-21-11-15-34(30-40)35-28-29-45-47(32-35)52-46-26-9-7-14-37(46)33-53-50(52)51-45/h1-32H,33H2. The maximum absolute atomic E-state index is 5.06. The number of thiophene rings is 1. The van der Waals surface area contributed by atoms with Crippen LogP contribution in [0.2, 0.25) is 0 Å². The van der Waals surface area contributed by atoms with Crippen molar-refractivity contribution in [1.82, 2.24) is 9.55 Å². The lowest BCUT2D eigenvalue weighted by atomic mass is 10.0. The molecule has 0 N–H and O–H groups in total. The number of fused-ring (bicyclic) bond motifs is 8. The third-order valence-electron chi connectivity index (χ3n) is 11.3. The Morgan fingerprint density at radius 3 is 1.91 bits per heavy atom. The molecular formula is C50H34N2S2Si. The van der Waals surface area contributed by atoms with Gasteiger partial charge in [-0.1, -0.05) is 182 Å². The van der Waals surface area contributed by atoms with Gasteiger partial charge in [0.2, 0.25) is 0 Å². The molecule has 0 radical (unpaired) electrons. The Morgan fingerprint density at radius 2 is 1.11 bits per heavy atom. The van der Waals surface area contributed by atoms with Crippen LogP contribution in [-0.2, 0) is 5.75 Å². The van der Waals surface area contributed by atoms with Crippen molar-refractivity contribution in [3.8, 4) is 27.9 Å². The van der Waals surface area contributed by atoms with Gasteiger partial charge in [0.1, 0.15) is 0 Å². The Kier molecular flexibility index (Phi) is 7.73. The van der Waals surface area contributed by atoms with Gasteiger partial charge in [-0.15, -0.1) is 11.3 Å². The lowest BCUT2D eigenvalue weighted by Gasteiger charge is -2.35. The van der Waals surface area contributed by atoms with Gasteiger partial charge in [-0.05, 0) is 72.8 Å². The first-order valence-electron chi connectivity index (χ1n) is 18.7. The second kappa shape index (κ2) is 13.1. The van der Waals surface area contributed by atoms with Gasteiger partial charge >= 0.3 is 0 Å². The second-order valence-corrected chi connectivity index (χ2v) is 20.1. The zero-order chi connectivity index (χ0) is 36.3. The van der Waals surface area contributed by atoms with E-state index in [1.54, 1.807) is 0 Å². The lowest BCUT2D eigenvalue weighted by Crippen LogP contribution is -2.74. The quantitative estimate of drug-likeness (QED) is 0.124. The molecular weight excluding hydrogens is 721 g/mol. The molecule has 10 aromatic rings. The average molecular weight is 755 g/mol. The molecule has 0 unspecified atom stereocenters. The van der Waals surface area contributed by atoms with Crippen molar-refractivity contribution in [1.29, 1.82) is 0 Å². The summed E-state index contributed by atoms with van der Waals surface area (Å²) in [6, 6.07) is 72.5. The SMILES string of the molecule is c1ccc([Si](c2ccccc2)(c2cccc(-c3ccc4nc5n(c4c3)-c3ccccc3CS5)c2)c2cccc(-c3cccc4c3sc3ccccc34)c2)cc1. The van der Waals surface area contributed by atoms with Crippen LogP contribution in [0.1, 0.15) is 5.56 Å². The van der Waals surface area contributed by atoms with E-state index in [2.05, 4.69) is 199 Å². The van der Waals surface area contributed by atoms with E-state index >= 15 is 0 Å². The van der Waals surface area contributed by atoms with Crippen molar-refractivity contribution in [2.75, 3.05) is 0 Å². The van der Waals surface area contributed by atoms with E-state index < -0.39 is 8.07 Å². The molecule has 3 heterocycles. The topological polar surface area (TPSA) is 17.8 Å². The molecule has 0 atom stereocenters.